The predicted molar refractivity (Wildman–Crippen MR) is 164 cm³/mol. The van der Waals surface area contributed by atoms with Gasteiger partial charge in [-0.25, -0.2) is 17.6 Å². The van der Waals surface area contributed by atoms with Crippen molar-refractivity contribution < 1.29 is 31.9 Å². The van der Waals surface area contributed by atoms with Crippen LogP contribution in [0.2, 0.25) is 0 Å². The number of aromatic nitrogens is 2. The number of sulfonamides is 1. The van der Waals surface area contributed by atoms with Gasteiger partial charge in [0.1, 0.15) is 17.0 Å². The fourth-order valence-corrected chi connectivity index (χ4v) is 6.58. The topological polar surface area (TPSA) is 111 Å². The smallest absolute Gasteiger partial charge is 0.410 e. The molecule has 0 radical (unpaired) electrons. The van der Waals surface area contributed by atoms with Crippen molar-refractivity contribution in [3.63, 3.8) is 0 Å². The Balaban J connectivity index is 1.64. The number of nitrogens with zero attached hydrogens (tertiary/aromatic N) is 4. The molecule has 10 nitrogen and oxygen atoms in total. The van der Waals surface area contributed by atoms with E-state index >= 15 is 0 Å². The average molecular weight is 629 g/mol. The molecular formula is C32H41FN4O6S. The van der Waals surface area contributed by atoms with Crippen LogP contribution in [0.4, 0.5) is 9.18 Å². The van der Waals surface area contributed by atoms with Crippen molar-refractivity contribution in [3.8, 4) is 11.3 Å². The first kappa shape index (κ1) is 33.1. The number of carbonyl (C=O) groups is 2. The maximum absolute atomic E-state index is 14.5. The van der Waals surface area contributed by atoms with Crippen LogP contribution >= 0.6 is 0 Å². The third-order valence-electron chi connectivity index (χ3n) is 6.98. The molecule has 12 heteroatoms. The molecule has 1 saturated heterocycles. The van der Waals surface area contributed by atoms with Gasteiger partial charge in [-0.3, -0.25) is 9.48 Å². The van der Waals surface area contributed by atoms with Crippen LogP contribution in [0.1, 0.15) is 58.4 Å². The van der Waals surface area contributed by atoms with Gasteiger partial charge < -0.3 is 14.4 Å². The summed E-state index contributed by atoms with van der Waals surface area (Å²) in [5.41, 5.74) is 1.71. The molecule has 1 amide bonds. The lowest BCUT2D eigenvalue weighted by atomic mass is 10.0. The Kier molecular flexibility index (Phi) is 9.55. The van der Waals surface area contributed by atoms with Gasteiger partial charge in [0.15, 0.2) is 0 Å². The maximum atomic E-state index is 14.5. The monoisotopic (exact) mass is 628 g/mol. The Bertz CT molecular complexity index is 1620. The van der Waals surface area contributed by atoms with E-state index in [0.717, 1.165) is 11.6 Å². The number of halogens is 1. The fourth-order valence-electron chi connectivity index (χ4n) is 4.94. The highest BCUT2D eigenvalue weighted by Crippen LogP contribution is 2.29. The molecule has 1 fully saturated rings. The molecule has 0 bridgehead atoms. The largest absolute Gasteiger partial charge is 0.460 e. The van der Waals surface area contributed by atoms with E-state index in [1.54, 1.807) is 46.2 Å². The zero-order chi connectivity index (χ0) is 32.4. The fraction of sp³-hybridized carbons (Fsp3) is 0.469. The highest BCUT2D eigenvalue weighted by Gasteiger charge is 2.34. The molecule has 238 valence electrons. The van der Waals surface area contributed by atoms with Crippen LogP contribution in [-0.4, -0.2) is 76.8 Å². The summed E-state index contributed by atoms with van der Waals surface area (Å²) >= 11 is 0. The first-order valence-electron chi connectivity index (χ1n) is 14.5. The van der Waals surface area contributed by atoms with Gasteiger partial charge in [0.25, 0.3) is 0 Å². The zero-order valence-corrected chi connectivity index (χ0v) is 27.2. The summed E-state index contributed by atoms with van der Waals surface area (Å²) < 4.78 is 56.1. The number of esters is 1. The second kappa shape index (κ2) is 12.7. The second-order valence-corrected chi connectivity index (χ2v) is 14.7. The van der Waals surface area contributed by atoms with Gasteiger partial charge >= 0.3 is 12.1 Å². The van der Waals surface area contributed by atoms with Crippen LogP contribution in [0.5, 0.6) is 0 Å². The Labute approximate surface area is 258 Å². The van der Waals surface area contributed by atoms with E-state index in [9.17, 15) is 22.4 Å². The number of hydrogen-bond acceptors (Lipinski definition) is 7. The quantitative estimate of drug-likeness (QED) is 0.332. The van der Waals surface area contributed by atoms with E-state index in [1.807, 2.05) is 37.3 Å². The Hall–Kier alpha value is -3.77. The Morgan fingerprint density at radius 3 is 2.11 bits per heavy atom. The Morgan fingerprint density at radius 1 is 0.909 bits per heavy atom. The summed E-state index contributed by atoms with van der Waals surface area (Å²) in [6.07, 6.45) is -0.532. The zero-order valence-electron chi connectivity index (χ0n) is 26.4. The number of piperazine rings is 1. The third kappa shape index (κ3) is 8.03. The summed E-state index contributed by atoms with van der Waals surface area (Å²) in [6.45, 7) is 12.9. The number of amides is 1. The average Bonchev–Trinajstić information content (AvgIpc) is 3.22. The van der Waals surface area contributed by atoms with E-state index in [0.29, 0.717) is 22.5 Å². The van der Waals surface area contributed by atoms with Gasteiger partial charge in [-0.05, 0) is 66.2 Å². The molecule has 0 aliphatic carbocycles. The van der Waals surface area contributed by atoms with Gasteiger partial charge in [-0.15, -0.1) is 0 Å². The third-order valence-corrected chi connectivity index (χ3v) is 8.96. The molecule has 2 heterocycles. The standard InChI is InChI=1S/C32H41FN4O6S/c1-22-26(20-28(38)42-31(2,3)4)29(23-11-9-8-10-12-23)34-37(22)21-24-13-14-25(33)19-27(24)44(40,41)36-17-15-35(16-18-36)30(39)43-32(5,6)7/h8-14,19H,15-18,20-21H2,1-7H3. The highest BCUT2D eigenvalue weighted by atomic mass is 32.2. The van der Waals surface area contributed by atoms with E-state index in [4.69, 9.17) is 14.6 Å². The predicted octanol–water partition coefficient (Wildman–Crippen LogP) is 5.17. The van der Waals surface area contributed by atoms with E-state index in [2.05, 4.69) is 0 Å². The molecule has 1 aliphatic heterocycles. The molecule has 0 spiro atoms. The van der Waals surface area contributed by atoms with Crippen LogP contribution < -0.4 is 0 Å². The van der Waals surface area contributed by atoms with Gasteiger partial charge in [-0.1, -0.05) is 36.4 Å². The van der Waals surface area contributed by atoms with Crippen LogP contribution in [0.3, 0.4) is 0 Å². The van der Waals surface area contributed by atoms with Crippen LogP contribution in [0.15, 0.2) is 53.4 Å². The summed E-state index contributed by atoms with van der Waals surface area (Å²) in [6, 6.07) is 13.1. The minimum absolute atomic E-state index is 0.0205. The number of carbonyl (C=O) groups excluding carboxylic acids is 2. The molecule has 44 heavy (non-hydrogen) atoms. The van der Waals surface area contributed by atoms with Crippen molar-refractivity contribution in [2.75, 3.05) is 26.2 Å². The normalized spacial score (nSPS) is 14.9. The molecule has 0 N–H and O–H groups in total. The maximum Gasteiger partial charge on any atom is 0.410 e. The van der Waals surface area contributed by atoms with Crippen molar-refractivity contribution in [2.24, 2.45) is 0 Å². The minimum atomic E-state index is -4.13. The van der Waals surface area contributed by atoms with Crippen molar-refractivity contribution in [2.45, 2.75) is 77.5 Å². The van der Waals surface area contributed by atoms with Gasteiger partial charge in [0.2, 0.25) is 10.0 Å². The molecule has 3 aromatic rings. The molecule has 1 aliphatic rings. The van der Waals surface area contributed by atoms with Gasteiger partial charge in [-0.2, -0.15) is 9.40 Å². The summed E-state index contributed by atoms with van der Waals surface area (Å²) in [5.74, 6) is -1.10. The molecule has 0 atom stereocenters. The summed E-state index contributed by atoms with van der Waals surface area (Å²) in [7, 11) is -4.13. The van der Waals surface area contributed by atoms with Crippen LogP contribution in [0.25, 0.3) is 11.3 Å². The number of ether oxygens (including phenoxy) is 2. The first-order chi connectivity index (χ1) is 20.4. The SMILES string of the molecule is Cc1c(CC(=O)OC(C)(C)C)c(-c2ccccc2)nn1Cc1ccc(F)cc1S(=O)(=O)N1CCN(C(=O)OC(C)(C)C)CC1. The summed E-state index contributed by atoms with van der Waals surface area (Å²) in [5, 5.41) is 4.79. The van der Waals surface area contributed by atoms with Crippen molar-refractivity contribution in [1.29, 1.82) is 0 Å². The first-order valence-corrected chi connectivity index (χ1v) is 16.0. The van der Waals surface area contributed by atoms with Crippen LogP contribution in [0, 0.1) is 12.7 Å². The number of rotatable bonds is 7. The van der Waals surface area contributed by atoms with E-state index in [1.165, 1.54) is 21.3 Å². The molecule has 1 aromatic heterocycles. The lowest BCUT2D eigenvalue weighted by molar-refractivity contribution is -0.153. The van der Waals surface area contributed by atoms with Crippen molar-refractivity contribution >= 4 is 22.1 Å². The number of hydrogen-bond donors (Lipinski definition) is 0. The highest BCUT2D eigenvalue weighted by molar-refractivity contribution is 7.89. The second-order valence-electron chi connectivity index (χ2n) is 12.8. The molecular weight excluding hydrogens is 587 g/mol. The lowest BCUT2D eigenvalue weighted by Gasteiger charge is -2.35. The van der Waals surface area contributed by atoms with Crippen molar-refractivity contribution in [3.05, 3.63) is 71.2 Å². The van der Waals surface area contributed by atoms with Crippen molar-refractivity contribution in [1.82, 2.24) is 19.0 Å². The van der Waals surface area contributed by atoms with Gasteiger partial charge in [0, 0.05) is 43.0 Å². The minimum Gasteiger partial charge on any atom is -0.460 e. The Morgan fingerprint density at radius 2 is 1.52 bits per heavy atom. The lowest BCUT2D eigenvalue weighted by Crippen LogP contribution is -2.51. The molecule has 0 saturated carbocycles. The molecule has 2 aromatic carbocycles. The summed E-state index contributed by atoms with van der Waals surface area (Å²) in [4.78, 5) is 26.6. The van der Waals surface area contributed by atoms with Crippen LogP contribution in [-0.2, 0) is 37.3 Å². The number of benzene rings is 2. The van der Waals surface area contributed by atoms with E-state index < -0.39 is 39.1 Å². The van der Waals surface area contributed by atoms with E-state index in [-0.39, 0.29) is 44.0 Å². The molecule has 4 rings (SSSR count). The van der Waals surface area contributed by atoms with Gasteiger partial charge in [0.05, 0.1) is 23.6 Å². The molecule has 0 unspecified atom stereocenters.